The molecule has 3 aromatic carbocycles. The van der Waals surface area contributed by atoms with Crippen molar-refractivity contribution in [2.45, 2.75) is 45.9 Å². The molecule has 0 aliphatic rings. The number of anilines is 1. The van der Waals surface area contributed by atoms with Crippen LogP contribution in [0.25, 0.3) is 11.1 Å². The van der Waals surface area contributed by atoms with Crippen LogP contribution >= 0.6 is 0 Å². The van der Waals surface area contributed by atoms with Gasteiger partial charge in [0.1, 0.15) is 11.5 Å². The maximum Gasteiger partial charge on any atom is 0.416 e. The highest BCUT2D eigenvalue weighted by atomic mass is 19.4. The molecule has 0 saturated heterocycles. The predicted molar refractivity (Wildman–Crippen MR) is 138 cm³/mol. The Hall–Kier alpha value is -4.01. The van der Waals surface area contributed by atoms with Gasteiger partial charge < -0.3 is 19.5 Å². The molecule has 0 spiro atoms. The van der Waals surface area contributed by atoms with Crippen LogP contribution in [0.2, 0.25) is 0 Å². The van der Waals surface area contributed by atoms with Crippen molar-refractivity contribution in [2.24, 2.45) is 0 Å². The van der Waals surface area contributed by atoms with E-state index >= 15 is 0 Å². The minimum atomic E-state index is -4.40. The van der Waals surface area contributed by atoms with Crippen LogP contribution in [0.4, 0.5) is 18.9 Å². The molecule has 0 fully saturated rings. The first kappa shape index (κ1) is 28.6. The molecule has 0 unspecified atom stereocenters. The summed E-state index contributed by atoms with van der Waals surface area (Å²) < 4.78 is 55.0. The molecule has 1 N–H and O–H groups in total. The molecule has 0 aliphatic heterocycles. The minimum absolute atomic E-state index is 0.0810. The first-order valence-electron chi connectivity index (χ1n) is 12.1. The number of benzene rings is 3. The van der Waals surface area contributed by atoms with E-state index in [0.29, 0.717) is 28.3 Å². The van der Waals surface area contributed by atoms with Crippen molar-refractivity contribution < 1.29 is 37.0 Å². The highest BCUT2D eigenvalue weighted by Crippen LogP contribution is 2.32. The van der Waals surface area contributed by atoms with Gasteiger partial charge >= 0.3 is 12.1 Å². The van der Waals surface area contributed by atoms with Crippen molar-refractivity contribution in [2.75, 3.05) is 18.5 Å². The van der Waals surface area contributed by atoms with E-state index in [2.05, 4.69) is 5.32 Å². The van der Waals surface area contributed by atoms with Crippen molar-refractivity contribution in [1.82, 2.24) is 0 Å². The second kappa shape index (κ2) is 12.0. The fourth-order valence-corrected chi connectivity index (χ4v) is 3.56. The van der Waals surface area contributed by atoms with Crippen molar-refractivity contribution in [3.63, 3.8) is 0 Å². The Balaban J connectivity index is 1.53. The van der Waals surface area contributed by atoms with Gasteiger partial charge in [-0.2, -0.15) is 13.2 Å². The summed E-state index contributed by atoms with van der Waals surface area (Å²) in [5.74, 6) is 0.319. The van der Waals surface area contributed by atoms with Crippen molar-refractivity contribution >= 4 is 17.6 Å². The monoisotopic (exact) mass is 529 g/mol. The quantitative estimate of drug-likeness (QED) is 0.292. The number of nitrogens with one attached hydrogen (secondary N) is 1. The summed E-state index contributed by atoms with van der Waals surface area (Å²) in [4.78, 5) is 24.5. The molecule has 0 radical (unpaired) electrons. The van der Waals surface area contributed by atoms with Gasteiger partial charge in [0.2, 0.25) is 5.91 Å². The maximum absolute atomic E-state index is 12.8. The second-order valence-electron chi connectivity index (χ2n) is 9.06. The smallest absolute Gasteiger partial charge is 0.416 e. The molecule has 0 aromatic heterocycles. The van der Waals surface area contributed by atoms with Gasteiger partial charge in [-0.25, -0.2) is 4.79 Å². The summed E-state index contributed by atoms with van der Waals surface area (Å²) in [7, 11) is 0. The van der Waals surface area contributed by atoms with Crippen LogP contribution in [0.1, 0.15) is 38.3 Å². The lowest BCUT2D eigenvalue weighted by molar-refractivity contribution is -0.158. The average Bonchev–Trinajstić information content (AvgIpc) is 2.85. The molecule has 0 heterocycles. The zero-order valence-corrected chi connectivity index (χ0v) is 21.6. The maximum atomic E-state index is 12.8. The predicted octanol–water partition coefficient (Wildman–Crippen LogP) is 6.81. The fraction of sp³-hybridized carbons (Fsp3) is 0.310. The zero-order chi connectivity index (χ0) is 27.9. The molecule has 9 heteroatoms. The van der Waals surface area contributed by atoms with Crippen LogP contribution in [0.15, 0.2) is 66.7 Å². The van der Waals surface area contributed by atoms with Crippen LogP contribution in [-0.4, -0.2) is 30.7 Å². The largest absolute Gasteiger partial charge is 0.493 e. The zero-order valence-electron chi connectivity index (χ0n) is 21.6. The van der Waals surface area contributed by atoms with Gasteiger partial charge in [-0.15, -0.1) is 0 Å². The number of hydrogen-bond donors (Lipinski definition) is 1. The number of alkyl halides is 3. The fourth-order valence-electron chi connectivity index (χ4n) is 3.56. The van der Waals surface area contributed by atoms with Crippen molar-refractivity contribution in [3.8, 4) is 22.6 Å². The number of esters is 1. The molecule has 1 amide bonds. The third-order valence-corrected chi connectivity index (χ3v) is 5.57. The Morgan fingerprint density at radius 2 is 1.63 bits per heavy atom. The third-order valence-electron chi connectivity index (χ3n) is 5.57. The van der Waals surface area contributed by atoms with E-state index in [4.69, 9.17) is 14.2 Å². The Bertz CT molecular complexity index is 1270. The summed E-state index contributed by atoms with van der Waals surface area (Å²) in [6, 6.07) is 16.9. The summed E-state index contributed by atoms with van der Waals surface area (Å²) in [6.45, 7) is 7.19. The average molecular weight is 530 g/mol. The lowest BCUT2D eigenvalue weighted by Crippen LogP contribution is -2.39. The van der Waals surface area contributed by atoms with E-state index in [-0.39, 0.29) is 25.5 Å². The van der Waals surface area contributed by atoms with Crippen molar-refractivity contribution in [3.05, 3.63) is 77.9 Å². The van der Waals surface area contributed by atoms with Crippen LogP contribution in [0.3, 0.4) is 0 Å². The van der Waals surface area contributed by atoms with Crippen LogP contribution in [0.5, 0.6) is 11.5 Å². The molecule has 0 atom stereocenters. The van der Waals surface area contributed by atoms with Gasteiger partial charge in [-0.1, -0.05) is 24.3 Å². The molecule has 3 aromatic rings. The lowest BCUT2D eigenvalue weighted by atomic mass is 10.0. The number of carbonyl (C=O) groups is 2. The van der Waals surface area contributed by atoms with E-state index in [9.17, 15) is 22.8 Å². The number of hydrogen-bond acceptors (Lipinski definition) is 5. The van der Waals surface area contributed by atoms with Gasteiger partial charge in [0.25, 0.3) is 0 Å². The number of halogens is 3. The molecule has 38 heavy (non-hydrogen) atoms. The molecule has 0 saturated carbocycles. The first-order chi connectivity index (χ1) is 17.9. The summed E-state index contributed by atoms with van der Waals surface area (Å²) in [5, 5.41) is 2.78. The Kier molecular flexibility index (Phi) is 9.04. The SMILES string of the molecule is CCOC(=O)C(C)(C)Oc1ccc(OCCC(=O)Nc2cccc(-c3ccc(C(F)(F)F)cc3)c2)cc1C. The molecule has 0 bridgehead atoms. The van der Waals surface area contributed by atoms with Gasteiger partial charge in [0.15, 0.2) is 5.60 Å². The Labute approximate surface area is 219 Å². The van der Waals surface area contributed by atoms with E-state index in [1.165, 1.54) is 12.1 Å². The molecular weight excluding hydrogens is 499 g/mol. The number of carbonyl (C=O) groups excluding carboxylic acids is 2. The first-order valence-corrected chi connectivity index (χ1v) is 12.1. The standard InChI is InChI=1S/C29H30F3NO5/c1-5-36-27(35)28(3,4)38-25-14-13-24(17-19(25)2)37-16-15-26(34)33-23-8-6-7-21(18-23)20-9-11-22(12-10-20)29(30,31)32/h6-14,17-18H,5,15-16H2,1-4H3,(H,33,34). The second-order valence-corrected chi connectivity index (χ2v) is 9.06. The van der Waals surface area contributed by atoms with Crippen LogP contribution in [-0.2, 0) is 20.5 Å². The number of amides is 1. The molecule has 3 rings (SSSR count). The Morgan fingerprint density at radius 1 is 0.921 bits per heavy atom. The molecule has 6 nitrogen and oxygen atoms in total. The third kappa shape index (κ3) is 7.74. The number of ether oxygens (including phenoxy) is 3. The molecule has 0 aliphatic carbocycles. The summed E-state index contributed by atoms with van der Waals surface area (Å²) in [5.41, 5.74) is 0.690. The van der Waals surface area contributed by atoms with E-state index in [1.54, 1.807) is 63.2 Å². The summed E-state index contributed by atoms with van der Waals surface area (Å²) in [6.07, 6.45) is -4.32. The highest BCUT2D eigenvalue weighted by Gasteiger charge is 2.32. The highest BCUT2D eigenvalue weighted by molar-refractivity contribution is 5.91. The Morgan fingerprint density at radius 3 is 2.26 bits per heavy atom. The van der Waals surface area contributed by atoms with Gasteiger partial charge in [0, 0.05) is 5.69 Å². The minimum Gasteiger partial charge on any atom is -0.493 e. The van der Waals surface area contributed by atoms with E-state index in [1.807, 2.05) is 6.92 Å². The van der Waals surface area contributed by atoms with Crippen LogP contribution < -0.4 is 14.8 Å². The van der Waals surface area contributed by atoms with Gasteiger partial charge in [-0.3, -0.25) is 4.79 Å². The molecule has 202 valence electrons. The lowest BCUT2D eigenvalue weighted by Gasteiger charge is -2.25. The normalized spacial score (nSPS) is 11.6. The topological polar surface area (TPSA) is 73.9 Å². The van der Waals surface area contributed by atoms with Crippen LogP contribution in [0, 0.1) is 6.92 Å². The van der Waals surface area contributed by atoms with Gasteiger partial charge in [-0.05, 0) is 86.8 Å². The van der Waals surface area contributed by atoms with Crippen molar-refractivity contribution in [1.29, 1.82) is 0 Å². The van der Waals surface area contributed by atoms with E-state index in [0.717, 1.165) is 17.7 Å². The summed E-state index contributed by atoms with van der Waals surface area (Å²) >= 11 is 0. The molecular formula is C29H30F3NO5. The number of aryl methyl sites for hydroxylation is 1. The van der Waals surface area contributed by atoms with E-state index < -0.39 is 23.3 Å². The van der Waals surface area contributed by atoms with Gasteiger partial charge in [0.05, 0.1) is 25.2 Å². The number of rotatable bonds is 10.